The van der Waals surface area contributed by atoms with Gasteiger partial charge in [0.25, 0.3) is 0 Å². The summed E-state index contributed by atoms with van der Waals surface area (Å²) < 4.78 is 4.64. The Morgan fingerprint density at radius 3 is 2.50 bits per heavy atom. The summed E-state index contributed by atoms with van der Waals surface area (Å²) in [6.45, 7) is 1.71. The summed E-state index contributed by atoms with van der Waals surface area (Å²) in [5, 5.41) is 1.67. The van der Waals surface area contributed by atoms with E-state index in [9.17, 15) is 14.4 Å². The summed E-state index contributed by atoms with van der Waals surface area (Å²) in [7, 11) is 1.37. The summed E-state index contributed by atoms with van der Waals surface area (Å²) in [5.74, 6) is 0.0823. The molecule has 18 heavy (non-hydrogen) atoms. The number of nitrogens with two attached hydrogens (primary N) is 1. The molecule has 102 valence electrons. The number of rotatable bonds is 6. The smallest absolute Gasteiger partial charge is 0.318 e. The average Bonchev–Trinajstić information content (AvgIpc) is 3.05. The summed E-state index contributed by atoms with van der Waals surface area (Å²) in [6, 6.07) is -0.844. The summed E-state index contributed by atoms with van der Waals surface area (Å²) in [4.78, 5) is 33.2. The number of urea groups is 1. The molecular formula is C11H18N2O4S. The van der Waals surface area contributed by atoms with E-state index in [2.05, 4.69) is 4.74 Å². The van der Waals surface area contributed by atoms with Crippen LogP contribution in [0.25, 0.3) is 0 Å². The Hall–Kier alpha value is -1.24. The third kappa shape index (κ3) is 4.56. The molecule has 1 saturated carbocycles. The number of ether oxygens (including phenoxy) is 1. The second kappa shape index (κ2) is 6.08. The van der Waals surface area contributed by atoms with Crippen LogP contribution >= 0.6 is 11.8 Å². The standard InChI is InChI=1S/C11H18N2O4S/c1-7(9(15)13-10(12)16)18-6-11(3-4-11)5-8(14)17-2/h7H,3-6H2,1-2H3,(H3,12,13,15,16). The van der Waals surface area contributed by atoms with Crippen LogP contribution in [0.4, 0.5) is 4.79 Å². The van der Waals surface area contributed by atoms with E-state index in [0.29, 0.717) is 12.2 Å². The molecule has 6 nitrogen and oxygen atoms in total. The van der Waals surface area contributed by atoms with Gasteiger partial charge in [0.05, 0.1) is 18.8 Å². The highest BCUT2D eigenvalue weighted by Gasteiger charge is 2.45. The maximum absolute atomic E-state index is 11.4. The zero-order chi connectivity index (χ0) is 13.8. The largest absolute Gasteiger partial charge is 0.469 e. The van der Waals surface area contributed by atoms with Crippen molar-refractivity contribution in [2.24, 2.45) is 11.1 Å². The monoisotopic (exact) mass is 274 g/mol. The molecule has 3 N–H and O–H groups in total. The predicted octanol–water partition coefficient (Wildman–Crippen LogP) is 0.646. The maximum Gasteiger partial charge on any atom is 0.318 e. The quantitative estimate of drug-likeness (QED) is 0.693. The Bertz CT molecular complexity index is 355. The molecule has 1 rings (SSSR count). The van der Waals surface area contributed by atoms with Crippen molar-refractivity contribution in [3.05, 3.63) is 0 Å². The minimum Gasteiger partial charge on any atom is -0.469 e. The lowest BCUT2D eigenvalue weighted by atomic mass is 10.1. The van der Waals surface area contributed by atoms with E-state index in [1.54, 1.807) is 6.92 Å². The molecule has 0 aliphatic heterocycles. The Morgan fingerprint density at radius 2 is 2.06 bits per heavy atom. The van der Waals surface area contributed by atoms with Crippen LogP contribution in [0.5, 0.6) is 0 Å². The minimum absolute atomic E-state index is 0.0287. The molecule has 0 radical (unpaired) electrons. The van der Waals surface area contributed by atoms with Crippen molar-refractivity contribution in [2.45, 2.75) is 31.4 Å². The Morgan fingerprint density at radius 1 is 1.44 bits per heavy atom. The lowest BCUT2D eigenvalue weighted by Crippen LogP contribution is -2.39. The SMILES string of the molecule is COC(=O)CC1(CSC(C)C(=O)NC(N)=O)CC1. The van der Waals surface area contributed by atoms with Gasteiger partial charge in [0, 0.05) is 5.75 Å². The maximum atomic E-state index is 11.4. The van der Waals surface area contributed by atoms with Gasteiger partial charge in [0.15, 0.2) is 0 Å². The highest BCUT2D eigenvalue weighted by Crippen LogP contribution is 2.51. The van der Waals surface area contributed by atoms with Gasteiger partial charge >= 0.3 is 12.0 Å². The number of methoxy groups -OCH3 is 1. The Kier molecular flexibility index (Phi) is 5.01. The first-order valence-corrected chi connectivity index (χ1v) is 6.72. The molecule has 7 heteroatoms. The number of carbonyl (C=O) groups is 3. The number of imide groups is 1. The molecule has 0 aromatic rings. The zero-order valence-corrected chi connectivity index (χ0v) is 11.3. The minimum atomic E-state index is -0.844. The molecule has 1 fully saturated rings. The first kappa shape index (κ1) is 14.8. The molecule has 0 saturated heterocycles. The zero-order valence-electron chi connectivity index (χ0n) is 10.5. The molecular weight excluding hydrogens is 256 g/mol. The van der Waals surface area contributed by atoms with E-state index in [0.717, 1.165) is 12.8 Å². The summed E-state index contributed by atoms with van der Waals surface area (Å²) in [5.41, 5.74) is 4.84. The second-order valence-corrected chi connectivity index (χ2v) is 5.89. The van der Waals surface area contributed by atoms with Gasteiger partial charge in [-0.05, 0) is 25.2 Å². The fraction of sp³-hybridized carbons (Fsp3) is 0.727. The normalized spacial score (nSPS) is 17.7. The van der Waals surface area contributed by atoms with Crippen molar-refractivity contribution in [1.82, 2.24) is 5.32 Å². The fourth-order valence-corrected chi connectivity index (χ4v) is 2.73. The van der Waals surface area contributed by atoms with E-state index >= 15 is 0 Å². The van der Waals surface area contributed by atoms with Crippen molar-refractivity contribution in [2.75, 3.05) is 12.9 Å². The number of nitrogens with one attached hydrogen (secondary N) is 1. The predicted molar refractivity (Wildman–Crippen MR) is 67.9 cm³/mol. The molecule has 0 aromatic heterocycles. The molecule has 0 heterocycles. The molecule has 3 amide bonds. The van der Waals surface area contributed by atoms with Gasteiger partial charge in [-0.1, -0.05) is 0 Å². The van der Waals surface area contributed by atoms with Crippen molar-refractivity contribution < 1.29 is 19.1 Å². The van der Waals surface area contributed by atoms with Gasteiger partial charge < -0.3 is 10.5 Å². The first-order chi connectivity index (χ1) is 8.38. The van der Waals surface area contributed by atoms with E-state index in [-0.39, 0.29) is 16.6 Å². The van der Waals surface area contributed by atoms with Crippen LogP contribution in [0.3, 0.4) is 0 Å². The molecule has 0 bridgehead atoms. The average molecular weight is 274 g/mol. The third-order valence-electron chi connectivity index (χ3n) is 2.96. The van der Waals surface area contributed by atoms with Gasteiger partial charge in [-0.15, -0.1) is 11.8 Å². The first-order valence-electron chi connectivity index (χ1n) is 5.67. The molecule has 1 atom stereocenters. The number of thioether (sulfide) groups is 1. The van der Waals surface area contributed by atoms with E-state index in [4.69, 9.17) is 5.73 Å². The van der Waals surface area contributed by atoms with Gasteiger partial charge in [-0.3, -0.25) is 14.9 Å². The molecule has 1 aliphatic carbocycles. The number of hydrogen-bond donors (Lipinski definition) is 2. The highest BCUT2D eigenvalue weighted by atomic mass is 32.2. The van der Waals surface area contributed by atoms with Crippen LogP contribution in [0.15, 0.2) is 0 Å². The van der Waals surface area contributed by atoms with Crippen LogP contribution in [0, 0.1) is 5.41 Å². The highest BCUT2D eigenvalue weighted by molar-refractivity contribution is 8.00. The van der Waals surface area contributed by atoms with E-state index < -0.39 is 11.9 Å². The van der Waals surface area contributed by atoms with E-state index in [1.165, 1.54) is 18.9 Å². The lowest BCUT2D eigenvalue weighted by Gasteiger charge is -2.16. The lowest BCUT2D eigenvalue weighted by molar-refractivity contribution is -0.141. The van der Waals surface area contributed by atoms with Crippen LogP contribution < -0.4 is 11.1 Å². The molecule has 0 aromatic carbocycles. The third-order valence-corrected chi connectivity index (χ3v) is 4.45. The van der Waals surface area contributed by atoms with Gasteiger partial charge in [-0.2, -0.15) is 0 Å². The van der Waals surface area contributed by atoms with Crippen LogP contribution in [-0.4, -0.2) is 36.0 Å². The van der Waals surface area contributed by atoms with Crippen molar-refractivity contribution >= 4 is 29.7 Å². The van der Waals surface area contributed by atoms with Crippen LogP contribution in [0.2, 0.25) is 0 Å². The summed E-state index contributed by atoms with van der Waals surface area (Å²) in [6.07, 6.45) is 2.33. The number of primary amides is 1. The van der Waals surface area contributed by atoms with Crippen LogP contribution in [-0.2, 0) is 14.3 Å². The number of amides is 3. The van der Waals surface area contributed by atoms with Crippen molar-refractivity contribution in [3.8, 4) is 0 Å². The van der Waals surface area contributed by atoms with Gasteiger partial charge in [-0.25, -0.2) is 4.79 Å². The number of carbonyl (C=O) groups excluding carboxylic acids is 3. The Labute approximate surface area is 110 Å². The molecule has 1 unspecified atom stereocenters. The van der Waals surface area contributed by atoms with E-state index in [1.807, 2.05) is 5.32 Å². The van der Waals surface area contributed by atoms with Gasteiger partial charge in [0.1, 0.15) is 0 Å². The fourth-order valence-electron chi connectivity index (χ4n) is 1.53. The second-order valence-electron chi connectivity index (χ2n) is 4.56. The molecule has 0 spiro atoms. The van der Waals surface area contributed by atoms with Crippen LogP contribution in [0.1, 0.15) is 26.2 Å². The van der Waals surface area contributed by atoms with Crippen molar-refractivity contribution in [3.63, 3.8) is 0 Å². The molecule has 1 aliphatic rings. The Balaban J connectivity index is 2.34. The topological polar surface area (TPSA) is 98.5 Å². The van der Waals surface area contributed by atoms with Gasteiger partial charge in [0.2, 0.25) is 5.91 Å². The summed E-state index contributed by atoms with van der Waals surface area (Å²) >= 11 is 1.42. The number of hydrogen-bond acceptors (Lipinski definition) is 5. The van der Waals surface area contributed by atoms with Crippen molar-refractivity contribution in [1.29, 1.82) is 0 Å². The number of esters is 1.